The van der Waals surface area contributed by atoms with Gasteiger partial charge in [0, 0.05) is 35.7 Å². The number of benzene rings is 1. The molecule has 0 bridgehead atoms. The predicted molar refractivity (Wildman–Crippen MR) is 92.5 cm³/mol. The number of methoxy groups -OCH3 is 1. The van der Waals surface area contributed by atoms with Crippen molar-refractivity contribution in [2.45, 2.75) is 19.0 Å². The van der Waals surface area contributed by atoms with Crippen LogP contribution in [0.15, 0.2) is 24.4 Å². The highest BCUT2D eigenvalue weighted by atomic mass is 35.5. The summed E-state index contributed by atoms with van der Waals surface area (Å²) in [5, 5.41) is 4.74. The first kappa shape index (κ1) is 17.2. The lowest BCUT2D eigenvalue weighted by Gasteiger charge is -2.17. The minimum atomic E-state index is -0.562. The maximum atomic E-state index is 13.4. The van der Waals surface area contributed by atoms with E-state index in [1.54, 1.807) is 6.07 Å². The Morgan fingerprint density at radius 3 is 3.00 bits per heavy atom. The van der Waals surface area contributed by atoms with Crippen LogP contribution < -0.4 is 15.0 Å². The van der Waals surface area contributed by atoms with E-state index in [-0.39, 0.29) is 11.9 Å². The number of halogens is 3. The van der Waals surface area contributed by atoms with Crippen LogP contribution in [0, 0.1) is 5.82 Å². The molecule has 1 aromatic carbocycles. The maximum absolute atomic E-state index is 13.4. The van der Waals surface area contributed by atoms with Crippen molar-refractivity contribution in [1.82, 2.24) is 15.3 Å². The van der Waals surface area contributed by atoms with Crippen LogP contribution in [-0.2, 0) is 6.54 Å². The fourth-order valence-electron chi connectivity index (χ4n) is 2.67. The molecular formula is C16H17Cl2FN4O. The van der Waals surface area contributed by atoms with Crippen LogP contribution in [0.25, 0.3) is 0 Å². The molecule has 5 nitrogen and oxygen atoms in total. The second-order valence-corrected chi connectivity index (χ2v) is 6.42. The summed E-state index contributed by atoms with van der Waals surface area (Å²) in [6, 6.07) is 5.75. The van der Waals surface area contributed by atoms with E-state index in [1.165, 1.54) is 7.11 Å². The molecule has 8 heteroatoms. The molecular weight excluding hydrogens is 354 g/mol. The van der Waals surface area contributed by atoms with E-state index >= 15 is 0 Å². The van der Waals surface area contributed by atoms with Crippen molar-refractivity contribution >= 4 is 29.2 Å². The molecule has 0 aliphatic carbocycles. The molecule has 24 heavy (non-hydrogen) atoms. The third-order valence-corrected chi connectivity index (χ3v) is 4.55. The first-order valence-corrected chi connectivity index (χ1v) is 8.31. The Morgan fingerprint density at radius 1 is 1.42 bits per heavy atom. The van der Waals surface area contributed by atoms with Crippen molar-refractivity contribution in [3.63, 3.8) is 0 Å². The van der Waals surface area contributed by atoms with Crippen molar-refractivity contribution in [3.8, 4) is 5.88 Å². The van der Waals surface area contributed by atoms with Gasteiger partial charge in [0.05, 0.1) is 13.3 Å². The Balaban J connectivity index is 1.59. The minimum absolute atomic E-state index is 0.0376. The highest BCUT2D eigenvalue weighted by molar-refractivity contribution is 6.35. The molecule has 0 radical (unpaired) electrons. The zero-order valence-electron chi connectivity index (χ0n) is 13.1. The Kier molecular flexibility index (Phi) is 5.38. The van der Waals surface area contributed by atoms with Gasteiger partial charge in [-0.3, -0.25) is 0 Å². The molecule has 128 valence electrons. The number of rotatable bonds is 5. The fraction of sp³-hybridized carbons (Fsp3) is 0.375. The molecule has 1 aliphatic rings. The Bertz CT molecular complexity index is 731. The molecule has 0 amide bonds. The number of aromatic nitrogens is 2. The number of anilines is 1. The van der Waals surface area contributed by atoms with Gasteiger partial charge in [-0.25, -0.2) is 4.98 Å². The zero-order valence-corrected chi connectivity index (χ0v) is 14.6. The van der Waals surface area contributed by atoms with Crippen LogP contribution in [-0.4, -0.2) is 36.2 Å². The molecule has 1 aliphatic heterocycles. The van der Waals surface area contributed by atoms with Gasteiger partial charge in [0.2, 0.25) is 11.8 Å². The first-order chi connectivity index (χ1) is 11.6. The molecule has 0 spiro atoms. The molecule has 1 atom stereocenters. The van der Waals surface area contributed by atoms with Gasteiger partial charge in [-0.2, -0.15) is 9.37 Å². The van der Waals surface area contributed by atoms with E-state index in [9.17, 15) is 4.39 Å². The lowest BCUT2D eigenvalue weighted by molar-refractivity contribution is 0.367. The largest absolute Gasteiger partial charge is 0.479 e. The van der Waals surface area contributed by atoms with Crippen molar-refractivity contribution < 1.29 is 9.13 Å². The van der Waals surface area contributed by atoms with Crippen LogP contribution in [0.4, 0.5) is 10.3 Å². The van der Waals surface area contributed by atoms with Crippen molar-refractivity contribution in [3.05, 3.63) is 45.8 Å². The van der Waals surface area contributed by atoms with Gasteiger partial charge in [-0.05, 0) is 24.1 Å². The number of ether oxygens (including phenoxy) is 1. The fourth-order valence-corrected chi connectivity index (χ4v) is 3.14. The van der Waals surface area contributed by atoms with Crippen LogP contribution in [0.1, 0.15) is 12.0 Å². The number of nitrogens with zero attached hydrogens (tertiary/aromatic N) is 3. The van der Waals surface area contributed by atoms with Gasteiger partial charge in [0.1, 0.15) is 0 Å². The summed E-state index contributed by atoms with van der Waals surface area (Å²) in [7, 11) is 1.39. The summed E-state index contributed by atoms with van der Waals surface area (Å²) in [6.45, 7) is 2.18. The van der Waals surface area contributed by atoms with E-state index in [4.69, 9.17) is 27.9 Å². The average Bonchev–Trinajstić information content (AvgIpc) is 3.03. The van der Waals surface area contributed by atoms with Gasteiger partial charge in [0.15, 0.2) is 0 Å². The summed E-state index contributed by atoms with van der Waals surface area (Å²) >= 11 is 12.1. The summed E-state index contributed by atoms with van der Waals surface area (Å²) < 4.78 is 18.3. The second-order valence-electron chi connectivity index (χ2n) is 5.58. The Hall–Kier alpha value is -1.63. The average molecular weight is 371 g/mol. The molecule has 1 unspecified atom stereocenters. The third kappa shape index (κ3) is 3.88. The molecule has 2 aromatic rings. The van der Waals surface area contributed by atoms with E-state index in [2.05, 4.69) is 15.3 Å². The van der Waals surface area contributed by atoms with Crippen molar-refractivity contribution in [2.24, 2.45) is 0 Å². The highest BCUT2D eigenvalue weighted by Crippen LogP contribution is 2.23. The standard InChI is InChI=1S/C16H17Cl2FN4O/c1-24-15-14(19)8-21-16(22-15)23-5-4-12(9-23)20-7-10-2-3-11(17)6-13(10)18/h2-3,6,8,12,20H,4-5,7,9H2,1H3. The van der Waals surface area contributed by atoms with E-state index < -0.39 is 5.82 Å². The first-order valence-electron chi connectivity index (χ1n) is 7.55. The lowest BCUT2D eigenvalue weighted by Crippen LogP contribution is -2.32. The number of nitrogens with one attached hydrogen (secondary N) is 1. The van der Waals surface area contributed by atoms with Gasteiger partial charge in [-0.15, -0.1) is 0 Å². The Morgan fingerprint density at radius 2 is 2.25 bits per heavy atom. The van der Waals surface area contributed by atoms with Gasteiger partial charge in [-0.1, -0.05) is 29.3 Å². The quantitative estimate of drug-likeness (QED) is 0.874. The highest BCUT2D eigenvalue weighted by Gasteiger charge is 2.25. The van der Waals surface area contributed by atoms with Gasteiger partial charge < -0.3 is 15.0 Å². The molecule has 1 saturated heterocycles. The monoisotopic (exact) mass is 370 g/mol. The predicted octanol–water partition coefficient (Wildman–Crippen LogP) is 3.30. The smallest absolute Gasteiger partial charge is 0.255 e. The Labute approximate surface area is 149 Å². The number of hydrogen-bond donors (Lipinski definition) is 1. The van der Waals surface area contributed by atoms with Crippen LogP contribution in [0.5, 0.6) is 5.88 Å². The van der Waals surface area contributed by atoms with E-state index in [1.807, 2.05) is 17.0 Å². The topological polar surface area (TPSA) is 50.3 Å². The molecule has 1 fully saturated rings. The molecule has 0 saturated carbocycles. The van der Waals surface area contributed by atoms with Crippen molar-refractivity contribution in [2.75, 3.05) is 25.1 Å². The molecule has 2 heterocycles. The summed E-state index contributed by atoms with van der Waals surface area (Å²) in [4.78, 5) is 10.1. The zero-order chi connectivity index (χ0) is 17.1. The normalized spacial score (nSPS) is 17.3. The van der Waals surface area contributed by atoms with Crippen LogP contribution in [0.3, 0.4) is 0 Å². The summed E-state index contributed by atoms with van der Waals surface area (Å²) in [5.41, 5.74) is 0.999. The minimum Gasteiger partial charge on any atom is -0.479 e. The number of hydrogen-bond acceptors (Lipinski definition) is 5. The molecule has 3 rings (SSSR count). The maximum Gasteiger partial charge on any atom is 0.255 e. The van der Waals surface area contributed by atoms with E-state index in [0.717, 1.165) is 31.3 Å². The van der Waals surface area contributed by atoms with E-state index in [0.29, 0.717) is 22.5 Å². The van der Waals surface area contributed by atoms with Crippen LogP contribution >= 0.6 is 23.2 Å². The second kappa shape index (κ2) is 7.51. The SMILES string of the molecule is COc1nc(N2CCC(NCc3ccc(Cl)cc3Cl)C2)ncc1F. The third-order valence-electron chi connectivity index (χ3n) is 3.96. The molecule has 1 N–H and O–H groups in total. The van der Waals surface area contributed by atoms with Crippen molar-refractivity contribution in [1.29, 1.82) is 0 Å². The van der Waals surface area contributed by atoms with Crippen LogP contribution in [0.2, 0.25) is 10.0 Å². The van der Waals surface area contributed by atoms with Gasteiger partial charge >= 0.3 is 0 Å². The molecule has 1 aromatic heterocycles. The lowest BCUT2D eigenvalue weighted by atomic mass is 10.2. The van der Waals surface area contributed by atoms with Gasteiger partial charge in [0.25, 0.3) is 5.88 Å². The summed E-state index contributed by atoms with van der Waals surface area (Å²) in [6.07, 6.45) is 2.07. The summed E-state index contributed by atoms with van der Waals surface area (Å²) in [5.74, 6) is -0.126.